The predicted octanol–water partition coefficient (Wildman–Crippen LogP) is 1.88. The second-order valence-corrected chi connectivity index (χ2v) is 5.65. The van der Waals surface area contributed by atoms with Crippen molar-refractivity contribution in [3.05, 3.63) is 35.5 Å². The molecule has 1 fully saturated rings. The Balaban J connectivity index is 1.95. The number of hydrogen-bond acceptors (Lipinski definition) is 4. The Hall–Kier alpha value is -2.34. The van der Waals surface area contributed by atoms with Crippen LogP contribution in [0, 0.1) is 6.92 Å². The van der Waals surface area contributed by atoms with Crippen LogP contribution >= 0.6 is 0 Å². The summed E-state index contributed by atoms with van der Waals surface area (Å²) in [4.78, 5) is 14.4. The number of carbonyl (C=O) groups is 1. The van der Waals surface area contributed by atoms with Gasteiger partial charge in [0.2, 0.25) is 0 Å². The number of methoxy groups -OCH3 is 1. The maximum atomic E-state index is 12.6. The molecule has 1 amide bonds. The normalized spacial score (nSPS) is 14.8. The average molecular weight is 315 g/mol. The summed E-state index contributed by atoms with van der Waals surface area (Å²) in [5, 5.41) is 4.40. The summed E-state index contributed by atoms with van der Waals surface area (Å²) in [6.45, 7) is 4.41. The lowest BCUT2D eigenvalue weighted by atomic mass is 10.1. The van der Waals surface area contributed by atoms with Crippen molar-refractivity contribution in [3.8, 4) is 17.0 Å². The van der Waals surface area contributed by atoms with Gasteiger partial charge in [-0.05, 0) is 25.1 Å². The minimum atomic E-state index is -0.0539. The fourth-order valence-electron chi connectivity index (χ4n) is 2.77. The molecule has 2 aromatic rings. The minimum Gasteiger partial charge on any atom is -0.496 e. The van der Waals surface area contributed by atoms with Crippen molar-refractivity contribution in [1.29, 1.82) is 0 Å². The molecule has 0 aliphatic carbocycles. The van der Waals surface area contributed by atoms with Crippen molar-refractivity contribution >= 4 is 5.91 Å². The van der Waals surface area contributed by atoms with Crippen LogP contribution in [0.5, 0.6) is 5.75 Å². The number of morpholine rings is 1. The van der Waals surface area contributed by atoms with Gasteiger partial charge in [0.25, 0.3) is 5.91 Å². The number of hydrogen-bond donors (Lipinski definition) is 0. The fourth-order valence-corrected chi connectivity index (χ4v) is 2.77. The van der Waals surface area contributed by atoms with Crippen LogP contribution in [0.3, 0.4) is 0 Å². The smallest absolute Gasteiger partial charge is 0.274 e. The fraction of sp³-hybridized carbons (Fsp3) is 0.412. The van der Waals surface area contributed by atoms with Crippen molar-refractivity contribution in [2.75, 3.05) is 33.4 Å². The highest BCUT2D eigenvalue weighted by Gasteiger charge is 2.23. The molecule has 0 bridgehead atoms. The Kier molecular flexibility index (Phi) is 4.34. The molecule has 122 valence electrons. The Labute approximate surface area is 135 Å². The highest BCUT2D eigenvalue weighted by Crippen LogP contribution is 2.31. The molecule has 6 nitrogen and oxygen atoms in total. The molecule has 0 saturated carbocycles. The third-order valence-electron chi connectivity index (χ3n) is 4.03. The summed E-state index contributed by atoms with van der Waals surface area (Å²) < 4.78 is 12.5. The first kappa shape index (κ1) is 15.6. The van der Waals surface area contributed by atoms with E-state index in [9.17, 15) is 4.79 Å². The van der Waals surface area contributed by atoms with Gasteiger partial charge in [0.15, 0.2) is 5.69 Å². The number of ether oxygens (including phenoxy) is 2. The summed E-state index contributed by atoms with van der Waals surface area (Å²) in [6, 6.07) is 7.80. The topological polar surface area (TPSA) is 56.6 Å². The number of rotatable bonds is 3. The van der Waals surface area contributed by atoms with Crippen molar-refractivity contribution in [3.63, 3.8) is 0 Å². The van der Waals surface area contributed by atoms with Crippen molar-refractivity contribution in [1.82, 2.24) is 14.7 Å². The van der Waals surface area contributed by atoms with E-state index >= 15 is 0 Å². The van der Waals surface area contributed by atoms with Gasteiger partial charge >= 0.3 is 0 Å². The van der Waals surface area contributed by atoms with Crippen molar-refractivity contribution in [2.45, 2.75) is 6.92 Å². The third-order valence-corrected chi connectivity index (χ3v) is 4.03. The molecule has 1 aliphatic rings. The lowest BCUT2D eigenvalue weighted by Crippen LogP contribution is -2.40. The minimum absolute atomic E-state index is 0.0539. The van der Waals surface area contributed by atoms with Gasteiger partial charge in [-0.25, -0.2) is 0 Å². The summed E-state index contributed by atoms with van der Waals surface area (Å²) in [5.74, 6) is 0.714. The van der Waals surface area contributed by atoms with Gasteiger partial charge in [-0.15, -0.1) is 0 Å². The van der Waals surface area contributed by atoms with Gasteiger partial charge in [-0.3, -0.25) is 9.48 Å². The second kappa shape index (κ2) is 6.42. The molecule has 0 atom stereocenters. The van der Waals surface area contributed by atoms with E-state index < -0.39 is 0 Å². The summed E-state index contributed by atoms with van der Waals surface area (Å²) in [7, 11) is 3.48. The molecule has 0 radical (unpaired) electrons. The lowest BCUT2D eigenvalue weighted by Gasteiger charge is -2.25. The SMILES string of the molecule is COc1ccc(C)cc1-c1cc(C(=O)N2CCOCC2)nn1C. The van der Waals surface area contributed by atoms with Crippen LogP contribution < -0.4 is 4.74 Å². The van der Waals surface area contributed by atoms with Crippen LogP contribution in [-0.2, 0) is 11.8 Å². The average Bonchev–Trinajstić information content (AvgIpc) is 2.96. The van der Waals surface area contributed by atoms with Gasteiger partial charge in [0.05, 0.1) is 26.0 Å². The van der Waals surface area contributed by atoms with Crippen LogP contribution in [0.25, 0.3) is 11.3 Å². The molecule has 1 aliphatic heterocycles. The largest absolute Gasteiger partial charge is 0.496 e. The first-order valence-corrected chi connectivity index (χ1v) is 7.66. The number of nitrogens with zero attached hydrogens (tertiary/aromatic N) is 3. The molecule has 1 aromatic heterocycles. The summed E-state index contributed by atoms with van der Waals surface area (Å²) in [5.41, 5.74) is 3.38. The van der Waals surface area contributed by atoms with Crippen LogP contribution in [0.2, 0.25) is 0 Å². The molecule has 0 spiro atoms. The number of aryl methyl sites for hydroxylation is 2. The first-order chi connectivity index (χ1) is 11.1. The molecule has 1 saturated heterocycles. The predicted molar refractivity (Wildman–Crippen MR) is 86.7 cm³/mol. The number of aromatic nitrogens is 2. The monoisotopic (exact) mass is 315 g/mol. The molecule has 2 heterocycles. The molecule has 6 heteroatoms. The summed E-state index contributed by atoms with van der Waals surface area (Å²) >= 11 is 0. The van der Waals surface area contributed by atoms with E-state index in [4.69, 9.17) is 9.47 Å². The highest BCUT2D eigenvalue weighted by atomic mass is 16.5. The molecule has 1 aromatic carbocycles. The molecular formula is C17H21N3O3. The zero-order valence-electron chi connectivity index (χ0n) is 13.7. The Morgan fingerprint density at radius 3 is 2.70 bits per heavy atom. The molecule has 0 N–H and O–H groups in total. The van der Waals surface area contributed by atoms with E-state index in [1.54, 1.807) is 16.7 Å². The zero-order valence-corrected chi connectivity index (χ0v) is 13.7. The van der Waals surface area contributed by atoms with Crippen LogP contribution in [0.4, 0.5) is 0 Å². The number of carbonyl (C=O) groups excluding carboxylic acids is 1. The molecular weight excluding hydrogens is 294 g/mol. The van der Waals surface area contributed by atoms with E-state index in [2.05, 4.69) is 5.10 Å². The highest BCUT2D eigenvalue weighted by molar-refractivity contribution is 5.93. The van der Waals surface area contributed by atoms with E-state index in [0.29, 0.717) is 32.0 Å². The molecule has 3 rings (SSSR count). The number of benzene rings is 1. The Bertz CT molecular complexity index is 718. The van der Waals surface area contributed by atoms with Crippen molar-refractivity contribution < 1.29 is 14.3 Å². The van der Waals surface area contributed by atoms with E-state index in [0.717, 1.165) is 22.6 Å². The van der Waals surface area contributed by atoms with E-state index in [1.165, 1.54) is 0 Å². The third kappa shape index (κ3) is 3.07. The lowest BCUT2D eigenvalue weighted by molar-refractivity contribution is 0.0298. The van der Waals surface area contributed by atoms with Crippen LogP contribution in [0.1, 0.15) is 16.1 Å². The van der Waals surface area contributed by atoms with Crippen LogP contribution in [-0.4, -0.2) is 54.0 Å². The van der Waals surface area contributed by atoms with E-state index in [1.807, 2.05) is 38.2 Å². The zero-order chi connectivity index (χ0) is 16.4. The molecule has 0 unspecified atom stereocenters. The quantitative estimate of drug-likeness (QED) is 0.868. The Morgan fingerprint density at radius 2 is 2.00 bits per heavy atom. The maximum Gasteiger partial charge on any atom is 0.274 e. The molecule has 23 heavy (non-hydrogen) atoms. The Morgan fingerprint density at radius 1 is 1.26 bits per heavy atom. The second-order valence-electron chi connectivity index (χ2n) is 5.65. The maximum absolute atomic E-state index is 12.6. The van der Waals surface area contributed by atoms with Crippen molar-refractivity contribution in [2.24, 2.45) is 7.05 Å². The van der Waals surface area contributed by atoms with Gasteiger partial charge in [0.1, 0.15) is 5.75 Å². The van der Waals surface area contributed by atoms with Gasteiger partial charge in [0, 0.05) is 25.7 Å². The standard InChI is InChI=1S/C17H21N3O3/c1-12-4-5-16(22-3)13(10-12)15-11-14(18-19(15)2)17(21)20-6-8-23-9-7-20/h4-5,10-11H,6-9H2,1-3H3. The van der Waals surface area contributed by atoms with Crippen LogP contribution in [0.15, 0.2) is 24.3 Å². The van der Waals surface area contributed by atoms with E-state index in [-0.39, 0.29) is 5.91 Å². The van der Waals surface area contributed by atoms with Gasteiger partial charge in [-0.2, -0.15) is 5.10 Å². The van der Waals surface area contributed by atoms with Gasteiger partial charge < -0.3 is 14.4 Å². The van der Waals surface area contributed by atoms with Gasteiger partial charge in [-0.1, -0.05) is 11.6 Å². The summed E-state index contributed by atoms with van der Waals surface area (Å²) in [6.07, 6.45) is 0. The number of amides is 1. The first-order valence-electron chi connectivity index (χ1n) is 7.66.